The summed E-state index contributed by atoms with van der Waals surface area (Å²) in [7, 11) is 0. The van der Waals surface area contributed by atoms with Gasteiger partial charge in [-0.1, -0.05) is 40.0 Å². The lowest BCUT2D eigenvalue weighted by atomic mass is 9.82. The number of ether oxygens (including phenoxy) is 1. The van der Waals surface area contributed by atoms with Crippen molar-refractivity contribution in [2.45, 2.75) is 96.8 Å². The molecule has 0 aromatic rings. The predicted molar refractivity (Wildman–Crippen MR) is 108 cm³/mol. The van der Waals surface area contributed by atoms with E-state index in [9.17, 15) is 14.7 Å². The molecule has 1 aliphatic carbocycles. The highest BCUT2D eigenvalue weighted by Crippen LogP contribution is 2.38. The van der Waals surface area contributed by atoms with Gasteiger partial charge in [0.25, 0.3) is 0 Å². The SMILES string of the molecule is CCCCC(C)(C)C(O)CSC1CCC(=O)C1CCCCC(=O)OCC. The van der Waals surface area contributed by atoms with Gasteiger partial charge in [-0.3, -0.25) is 9.59 Å². The maximum Gasteiger partial charge on any atom is 0.305 e. The van der Waals surface area contributed by atoms with Crippen LogP contribution in [0.15, 0.2) is 0 Å². The number of thioether (sulfide) groups is 1. The summed E-state index contributed by atoms with van der Waals surface area (Å²) in [5.74, 6) is 1.01. The topological polar surface area (TPSA) is 63.6 Å². The number of esters is 1. The number of hydrogen-bond donors (Lipinski definition) is 1. The molecule has 0 saturated heterocycles. The molecule has 1 aliphatic rings. The standard InChI is InChI=1S/C21H38O4S/c1-5-7-14-21(3,4)19(23)15-26-18-13-12-17(22)16(18)10-8-9-11-20(24)25-6-2/h16,18-19,23H,5-15H2,1-4H3. The van der Waals surface area contributed by atoms with Crippen molar-refractivity contribution in [3.8, 4) is 0 Å². The van der Waals surface area contributed by atoms with Crippen molar-refractivity contribution < 1.29 is 19.4 Å². The van der Waals surface area contributed by atoms with Gasteiger partial charge in [0.2, 0.25) is 0 Å². The van der Waals surface area contributed by atoms with E-state index < -0.39 is 0 Å². The first kappa shape index (κ1) is 23.5. The van der Waals surface area contributed by atoms with Crippen molar-refractivity contribution in [2.75, 3.05) is 12.4 Å². The van der Waals surface area contributed by atoms with Gasteiger partial charge in [-0.25, -0.2) is 0 Å². The Morgan fingerprint density at radius 3 is 2.69 bits per heavy atom. The van der Waals surface area contributed by atoms with E-state index in [0.29, 0.717) is 36.2 Å². The first-order valence-electron chi connectivity index (χ1n) is 10.3. The number of ketones is 1. The predicted octanol–water partition coefficient (Wildman–Crippen LogP) is 4.77. The zero-order valence-electron chi connectivity index (χ0n) is 17.1. The van der Waals surface area contributed by atoms with E-state index in [1.165, 1.54) is 0 Å². The summed E-state index contributed by atoms with van der Waals surface area (Å²) in [6, 6.07) is 0. The Kier molecular flexibility index (Phi) is 10.9. The van der Waals surface area contributed by atoms with Gasteiger partial charge >= 0.3 is 5.97 Å². The van der Waals surface area contributed by atoms with Crippen LogP contribution in [0.1, 0.15) is 85.5 Å². The molecule has 0 bridgehead atoms. The molecule has 0 radical (unpaired) electrons. The van der Waals surface area contributed by atoms with Gasteiger partial charge in [0.05, 0.1) is 12.7 Å². The maximum absolute atomic E-state index is 12.2. The molecule has 1 N–H and O–H groups in total. The molecule has 0 aromatic carbocycles. The summed E-state index contributed by atoms with van der Waals surface area (Å²) >= 11 is 1.77. The fourth-order valence-corrected chi connectivity index (χ4v) is 5.22. The van der Waals surface area contributed by atoms with Crippen LogP contribution in [0, 0.1) is 11.3 Å². The van der Waals surface area contributed by atoms with Crippen LogP contribution in [-0.2, 0) is 14.3 Å². The number of aliphatic hydroxyl groups is 1. The molecule has 0 spiro atoms. The van der Waals surface area contributed by atoms with E-state index in [2.05, 4.69) is 20.8 Å². The molecular formula is C21H38O4S. The zero-order valence-corrected chi connectivity index (χ0v) is 17.9. The molecule has 1 fully saturated rings. The zero-order chi connectivity index (χ0) is 19.6. The van der Waals surface area contributed by atoms with Crippen LogP contribution in [0.2, 0.25) is 0 Å². The molecule has 3 unspecified atom stereocenters. The summed E-state index contributed by atoms with van der Waals surface area (Å²) in [6.45, 7) is 8.69. The number of carbonyl (C=O) groups is 2. The first-order chi connectivity index (χ1) is 12.3. The fraction of sp³-hybridized carbons (Fsp3) is 0.905. The number of carbonyl (C=O) groups excluding carboxylic acids is 2. The van der Waals surface area contributed by atoms with Crippen molar-refractivity contribution in [1.82, 2.24) is 0 Å². The summed E-state index contributed by atoms with van der Waals surface area (Å²) in [4.78, 5) is 23.6. The van der Waals surface area contributed by atoms with Crippen LogP contribution in [0.3, 0.4) is 0 Å². The van der Waals surface area contributed by atoms with Crippen molar-refractivity contribution in [3.05, 3.63) is 0 Å². The Morgan fingerprint density at radius 2 is 2.04 bits per heavy atom. The second kappa shape index (κ2) is 12.0. The number of rotatable bonds is 13. The van der Waals surface area contributed by atoms with Gasteiger partial charge in [0.15, 0.2) is 0 Å². The monoisotopic (exact) mass is 386 g/mol. The van der Waals surface area contributed by atoms with E-state index in [-0.39, 0.29) is 23.4 Å². The van der Waals surface area contributed by atoms with Gasteiger partial charge in [-0.2, -0.15) is 11.8 Å². The lowest BCUT2D eigenvalue weighted by molar-refractivity contribution is -0.143. The minimum atomic E-state index is -0.334. The molecule has 5 heteroatoms. The van der Waals surface area contributed by atoms with Crippen LogP contribution in [-0.4, -0.2) is 40.6 Å². The largest absolute Gasteiger partial charge is 0.466 e. The maximum atomic E-state index is 12.2. The normalized spacial score (nSPS) is 21.8. The second-order valence-electron chi connectivity index (χ2n) is 8.14. The Hall–Kier alpha value is -0.550. The Morgan fingerprint density at radius 1 is 1.31 bits per heavy atom. The van der Waals surface area contributed by atoms with Crippen LogP contribution < -0.4 is 0 Å². The molecule has 152 valence electrons. The van der Waals surface area contributed by atoms with E-state index in [0.717, 1.165) is 44.9 Å². The minimum Gasteiger partial charge on any atom is -0.466 e. The number of aliphatic hydroxyl groups excluding tert-OH is 1. The lowest BCUT2D eigenvalue weighted by Crippen LogP contribution is -2.32. The van der Waals surface area contributed by atoms with Crippen molar-refractivity contribution >= 4 is 23.5 Å². The minimum absolute atomic E-state index is 0.0687. The van der Waals surface area contributed by atoms with E-state index in [4.69, 9.17) is 4.74 Å². The summed E-state index contributed by atoms with van der Waals surface area (Å²) in [5, 5.41) is 10.9. The van der Waals surface area contributed by atoms with Gasteiger partial charge in [-0.05, 0) is 38.0 Å². The molecule has 1 saturated carbocycles. The number of unbranched alkanes of at least 4 members (excludes halogenated alkanes) is 2. The highest BCUT2D eigenvalue weighted by Gasteiger charge is 2.36. The Bertz CT molecular complexity index is 436. The third-order valence-electron chi connectivity index (χ3n) is 5.53. The molecule has 26 heavy (non-hydrogen) atoms. The summed E-state index contributed by atoms with van der Waals surface area (Å²) in [5.41, 5.74) is -0.0687. The Balaban J connectivity index is 2.38. The third kappa shape index (κ3) is 7.99. The van der Waals surface area contributed by atoms with Crippen LogP contribution in [0.5, 0.6) is 0 Å². The molecule has 0 amide bonds. The highest BCUT2D eigenvalue weighted by atomic mass is 32.2. The summed E-state index contributed by atoms with van der Waals surface area (Å²) in [6.07, 6.45) is 7.54. The lowest BCUT2D eigenvalue weighted by Gasteiger charge is -2.31. The van der Waals surface area contributed by atoms with Crippen LogP contribution in [0.25, 0.3) is 0 Å². The molecule has 0 aromatic heterocycles. The second-order valence-corrected chi connectivity index (χ2v) is 9.41. The highest BCUT2D eigenvalue weighted by molar-refractivity contribution is 8.00. The van der Waals surface area contributed by atoms with E-state index in [1.807, 2.05) is 6.92 Å². The average molecular weight is 387 g/mol. The first-order valence-corrected chi connectivity index (χ1v) is 11.3. The van der Waals surface area contributed by atoms with Crippen molar-refractivity contribution in [1.29, 1.82) is 0 Å². The van der Waals surface area contributed by atoms with Crippen LogP contribution in [0.4, 0.5) is 0 Å². The molecule has 3 atom stereocenters. The van der Waals surface area contributed by atoms with Crippen LogP contribution >= 0.6 is 11.8 Å². The fourth-order valence-electron chi connectivity index (χ4n) is 3.53. The number of Topliss-reactive ketones (excluding diaryl/α,β-unsaturated/α-hetero) is 1. The molecule has 0 heterocycles. The summed E-state index contributed by atoms with van der Waals surface area (Å²) < 4.78 is 4.94. The van der Waals surface area contributed by atoms with E-state index in [1.54, 1.807) is 11.8 Å². The van der Waals surface area contributed by atoms with Gasteiger partial charge in [0.1, 0.15) is 5.78 Å². The smallest absolute Gasteiger partial charge is 0.305 e. The average Bonchev–Trinajstić information content (AvgIpc) is 2.95. The third-order valence-corrected chi connectivity index (χ3v) is 7.03. The molecule has 4 nitrogen and oxygen atoms in total. The molecular weight excluding hydrogens is 348 g/mol. The quantitative estimate of drug-likeness (QED) is 0.365. The van der Waals surface area contributed by atoms with Gasteiger partial charge < -0.3 is 9.84 Å². The molecule has 0 aliphatic heterocycles. The van der Waals surface area contributed by atoms with Gasteiger partial charge in [0, 0.05) is 29.8 Å². The Labute approximate surface area is 163 Å². The molecule has 1 rings (SSSR count). The van der Waals surface area contributed by atoms with Crippen molar-refractivity contribution in [2.24, 2.45) is 11.3 Å². The van der Waals surface area contributed by atoms with E-state index >= 15 is 0 Å². The number of hydrogen-bond acceptors (Lipinski definition) is 5. The van der Waals surface area contributed by atoms with Gasteiger partial charge in [-0.15, -0.1) is 0 Å². The van der Waals surface area contributed by atoms with Crippen molar-refractivity contribution in [3.63, 3.8) is 0 Å².